The molecule has 4 rings (SSSR count). The zero-order valence-electron chi connectivity index (χ0n) is 18.1. The van der Waals surface area contributed by atoms with E-state index in [-0.39, 0.29) is 16.6 Å². The third-order valence-electron chi connectivity index (χ3n) is 5.95. The van der Waals surface area contributed by atoms with Gasteiger partial charge in [0.2, 0.25) is 0 Å². The van der Waals surface area contributed by atoms with Gasteiger partial charge in [-0.2, -0.15) is 0 Å². The van der Waals surface area contributed by atoms with E-state index in [1.54, 1.807) is 13.0 Å². The highest BCUT2D eigenvalue weighted by molar-refractivity contribution is 6.11. The Kier molecular flexibility index (Phi) is 5.73. The number of amides is 1. The van der Waals surface area contributed by atoms with Crippen molar-refractivity contribution in [1.82, 2.24) is 19.4 Å². The largest absolute Gasteiger partial charge is 0.329 e. The summed E-state index contributed by atoms with van der Waals surface area (Å²) in [4.78, 5) is 46.5. The molecule has 1 amide bonds. The highest BCUT2D eigenvalue weighted by Crippen LogP contribution is 2.21. The van der Waals surface area contributed by atoms with Crippen molar-refractivity contribution in [1.29, 1.82) is 0 Å². The van der Waals surface area contributed by atoms with Crippen molar-refractivity contribution in [3.63, 3.8) is 0 Å². The highest BCUT2D eigenvalue weighted by Gasteiger charge is 2.20. The zero-order chi connectivity index (χ0) is 22.1. The fourth-order valence-corrected chi connectivity index (χ4v) is 4.21. The molecule has 1 fully saturated rings. The molecule has 8 nitrogen and oxygen atoms in total. The minimum atomic E-state index is -0.622. The molecule has 0 unspecified atom stereocenters. The third-order valence-corrected chi connectivity index (χ3v) is 5.95. The predicted molar refractivity (Wildman–Crippen MR) is 120 cm³/mol. The lowest BCUT2D eigenvalue weighted by atomic mass is 10.0. The molecule has 3 aromatic rings. The summed E-state index contributed by atoms with van der Waals surface area (Å²) in [5.74, 6) is -0.414. The number of H-pyrrole nitrogens is 1. The van der Waals surface area contributed by atoms with E-state index >= 15 is 0 Å². The minimum absolute atomic E-state index is 0.100. The van der Waals surface area contributed by atoms with E-state index in [0.717, 1.165) is 18.7 Å². The number of aromatic amines is 1. The molecule has 3 heterocycles. The average Bonchev–Trinajstić information content (AvgIpc) is 2.73. The first kappa shape index (κ1) is 21.0. The number of nitrogens with zero attached hydrogens (tertiary/aromatic N) is 3. The summed E-state index contributed by atoms with van der Waals surface area (Å²) < 4.78 is 1.24. The SMILES string of the molecule is Cc1cc(C(=O)Nc2cccc(CN3CCCC[C@H]3C)c2)c2c(=O)[nH]c(=O)n(C)c2n1. The first-order chi connectivity index (χ1) is 14.8. The molecule has 0 aliphatic carbocycles. The molecule has 0 spiro atoms. The number of aromatic nitrogens is 3. The van der Waals surface area contributed by atoms with Gasteiger partial charge < -0.3 is 5.32 Å². The molecule has 0 radical (unpaired) electrons. The number of rotatable bonds is 4. The normalized spacial score (nSPS) is 17.1. The topological polar surface area (TPSA) is 100 Å². The van der Waals surface area contributed by atoms with Crippen LogP contribution in [0.4, 0.5) is 5.69 Å². The van der Waals surface area contributed by atoms with Gasteiger partial charge in [-0.15, -0.1) is 0 Å². The number of fused-ring (bicyclic) bond motifs is 1. The van der Waals surface area contributed by atoms with E-state index in [4.69, 9.17) is 0 Å². The van der Waals surface area contributed by atoms with Gasteiger partial charge in [-0.3, -0.25) is 24.0 Å². The number of hydrogen-bond acceptors (Lipinski definition) is 5. The Bertz CT molecular complexity index is 1260. The Morgan fingerprint density at radius 3 is 2.84 bits per heavy atom. The maximum absolute atomic E-state index is 13.1. The number of aryl methyl sites for hydroxylation is 2. The van der Waals surface area contributed by atoms with Gasteiger partial charge in [0.05, 0.1) is 10.9 Å². The summed E-state index contributed by atoms with van der Waals surface area (Å²) in [5, 5.41) is 3.00. The number of anilines is 1. The number of carbonyl (C=O) groups is 1. The quantitative estimate of drug-likeness (QED) is 0.674. The fraction of sp³-hybridized carbons (Fsp3) is 0.391. The number of pyridine rings is 1. The van der Waals surface area contributed by atoms with Gasteiger partial charge in [-0.1, -0.05) is 18.6 Å². The lowest BCUT2D eigenvalue weighted by Crippen LogP contribution is -2.36. The molecule has 1 aromatic carbocycles. The van der Waals surface area contributed by atoms with Crippen LogP contribution in [0.2, 0.25) is 0 Å². The first-order valence-electron chi connectivity index (χ1n) is 10.6. The molecule has 2 aromatic heterocycles. The molecule has 162 valence electrons. The van der Waals surface area contributed by atoms with Crippen LogP contribution in [-0.2, 0) is 13.6 Å². The number of benzene rings is 1. The van der Waals surface area contributed by atoms with Gasteiger partial charge in [0.25, 0.3) is 11.5 Å². The summed E-state index contributed by atoms with van der Waals surface area (Å²) in [6.45, 7) is 5.90. The molecule has 1 aliphatic rings. The number of likely N-dealkylation sites (tertiary alicyclic amines) is 1. The summed E-state index contributed by atoms with van der Waals surface area (Å²) in [6, 6.07) is 9.90. The van der Waals surface area contributed by atoms with Crippen LogP contribution in [0.25, 0.3) is 11.0 Å². The Morgan fingerprint density at radius 2 is 2.06 bits per heavy atom. The van der Waals surface area contributed by atoms with Gasteiger partial charge in [0.15, 0.2) is 0 Å². The maximum Gasteiger partial charge on any atom is 0.329 e. The molecule has 2 N–H and O–H groups in total. The zero-order valence-corrected chi connectivity index (χ0v) is 18.1. The van der Waals surface area contributed by atoms with E-state index < -0.39 is 17.2 Å². The predicted octanol–water partition coefficient (Wildman–Crippen LogP) is 2.56. The fourth-order valence-electron chi connectivity index (χ4n) is 4.21. The van der Waals surface area contributed by atoms with Gasteiger partial charge in [0, 0.05) is 31.0 Å². The Morgan fingerprint density at radius 1 is 1.26 bits per heavy atom. The molecule has 1 saturated heterocycles. The summed E-state index contributed by atoms with van der Waals surface area (Å²) in [5.41, 5.74) is 1.52. The molecule has 0 saturated carbocycles. The second-order valence-electron chi connectivity index (χ2n) is 8.30. The van der Waals surface area contributed by atoms with Crippen molar-refractivity contribution in [2.75, 3.05) is 11.9 Å². The molecule has 1 atom stereocenters. The van der Waals surface area contributed by atoms with Crippen molar-refractivity contribution in [3.8, 4) is 0 Å². The lowest BCUT2D eigenvalue weighted by Gasteiger charge is -2.33. The van der Waals surface area contributed by atoms with Crippen LogP contribution in [0.3, 0.4) is 0 Å². The monoisotopic (exact) mass is 421 g/mol. The third kappa shape index (κ3) is 4.29. The second-order valence-corrected chi connectivity index (χ2v) is 8.30. The summed E-state index contributed by atoms with van der Waals surface area (Å²) in [7, 11) is 1.51. The molecular formula is C23H27N5O3. The average molecular weight is 422 g/mol. The molecule has 1 aliphatic heterocycles. The number of carbonyl (C=O) groups excluding carboxylic acids is 1. The maximum atomic E-state index is 13.1. The molecule has 31 heavy (non-hydrogen) atoms. The van der Waals surface area contributed by atoms with Crippen LogP contribution in [0.1, 0.15) is 47.8 Å². The smallest absolute Gasteiger partial charge is 0.322 e. The van der Waals surface area contributed by atoms with Gasteiger partial charge >= 0.3 is 5.69 Å². The van der Waals surface area contributed by atoms with Crippen LogP contribution in [0, 0.1) is 6.92 Å². The first-order valence-corrected chi connectivity index (χ1v) is 10.6. The standard InChI is InChI=1S/C23H27N5O3/c1-14-11-18(19-20(24-14)27(3)23(31)26-22(19)30)21(29)25-17-9-6-8-16(12-17)13-28-10-5-4-7-15(28)2/h6,8-9,11-12,15H,4-5,7,10,13H2,1-3H3,(H,25,29)(H,26,30,31)/t15-/m1/s1. The van der Waals surface area contributed by atoms with Crippen LogP contribution < -0.4 is 16.6 Å². The number of hydrogen-bond donors (Lipinski definition) is 2. The Hall–Kier alpha value is -3.26. The van der Waals surface area contributed by atoms with E-state index in [1.807, 2.05) is 18.2 Å². The van der Waals surface area contributed by atoms with Crippen LogP contribution in [-0.4, -0.2) is 37.9 Å². The van der Waals surface area contributed by atoms with E-state index in [0.29, 0.717) is 17.4 Å². The summed E-state index contributed by atoms with van der Waals surface area (Å²) >= 11 is 0. The van der Waals surface area contributed by atoms with Crippen molar-refractivity contribution in [3.05, 3.63) is 68.0 Å². The Labute approximate surface area is 179 Å². The van der Waals surface area contributed by atoms with Crippen LogP contribution >= 0.6 is 0 Å². The van der Waals surface area contributed by atoms with Crippen LogP contribution in [0.5, 0.6) is 0 Å². The van der Waals surface area contributed by atoms with E-state index in [9.17, 15) is 14.4 Å². The number of nitrogens with one attached hydrogen (secondary N) is 2. The van der Waals surface area contributed by atoms with E-state index in [2.05, 4.69) is 33.2 Å². The number of piperidine rings is 1. The highest BCUT2D eigenvalue weighted by atomic mass is 16.2. The molecular weight excluding hydrogens is 394 g/mol. The summed E-state index contributed by atoms with van der Waals surface area (Å²) in [6.07, 6.45) is 3.70. The van der Waals surface area contributed by atoms with E-state index in [1.165, 1.54) is 30.9 Å². The van der Waals surface area contributed by atoms with Crippen molar-refractivity contribution < 1.29 is 4.79 Å². The van der Waals surface area contributed by atoms with Crippen LogP contribution in [0.15, 0.2) is 39.9 Å². The molecule has 8 heteroatoms. The van der Waals surface area contributed by atoms with Crippen molar-refractivity contribution in [2.45, 2.75) is 45.7 Å². The van der Waals surface area contributed by atoms with Crippen molar-refractivity contribution in [2.24, 2.45) is 7.05 Å². The second kappa shape index (κ2) is 8.47. The van der Waals surface area contributed by atoms with Gasteiger partial charge in [-0.25, -0.2) is 9.78 Å². The molecule has 0 bridgehead atoms. The van der Waals surface area contributed by atoms with Gasteiger partial charge in [-0.05, 0) is 57.0 Å². The Balaban J connectivity index is 1.63. The lowest BCUT2D eigenvalue weighted by molar-refractivity contribution is 0.102. The minimum Gasteiger partial charge on any atom is -0.322 e. The van der Waals surface area contributed by atoms with Gasteiger partial charge in [0.1, 0.15) is 5.65 Å². The van der Waals surface area contributed by atoms with Crippen molar-refractivity contribution >= 4 is 22.6 Å².